The highest BCUT2D eigenvalue weighted by Gasteiger charge is 2.35. The van der Waals surface area contributed by atoms with Crippen molar-refractivity contribution in [2.24, 2.45) is 5.41 Å². The second-order valence-corrected chi connectivity index (χ2v) is 6.44. The summed E-state index contributed by atoms with van der Waals surface area (Å²) in [4.78, 5) is 38.2. The Morgan fingerprint density at radius 3 is 2.20 bits per heavy atom. The Labute approximate surface area is 148 Å². The largest absolute Gasteiger partial charge is 0.462 e. The Morgan fingerprint density at radius 1 is 1.08 bits per heavy atom. The number of nitrogens with zero attached hydrogens (tertiary/aromatic N) is 1. The third-order valence-electron chi connectivity index (χ3n) is 3.63. The summed E-state index contributed by atoms with van der Waals surface area (Å²) in [5.74, 6) is -1.17. The minimum Gasteiger partial charge on any atom is -0.462 e. The van der Waals surface area contributed by atoms with Crippen molar-refractivity contribution in [2.75, 3.05) is 39.1 Å². The van der Waals surface area contributed by atoms with E-state index in [-0.39, 0.29) is 5.91 Å². The predicted molar refractivity (Wildman–Crippen MR) is 96.4 cm³/mol. The number of ether oxygens (including phenoxy) is 1. The van der Waals surface area contributed by atoms with E-state index in [2.05, 4.69) is 10.6 Å². The van der Waals surface area contributed by atoms with Crippen LogP contribution in [0.15, 0.2) is 24.3 Å². The molecule has 25 heavy (non-hydrogen) atoms. The molecule has 0 radical (unpaired) electrons. The molecular weight excluding hydrogens is 322 g/mol. The Hall–Kier alpha value is -2.41. The third-order valence-corrected chi connectivity index (χ3v) is 3.63. The molecule has 138 valence electrons. The molecule has 0 aliphatic heterocycles. The van der Waals surface area contributed by atoms with Crippen LogP contribution >= 0.6 is 0 Å². The first kappa shape index (κ1) is 20.6. The average molecular weight is 349 g/mol. The summed E-state index contributed by atoms with van der Waals surface area (Å²) in [6.45, 7) is 6.34. The van der Waals surface area contributed by atoms with Gasteiger partial charge in [-0.25, -0.2) is 4.79 Å². The van der Waals surface area contributed by atoms with E-state index in [1.54, 1.807) is 45.0 Å². The summed E-state index contributed by atoms with van der Waals surface area (Å²) in [6.07, 6.45) is 0. The first-order valence-electron chi connectivity index (χ1n) is 8.20. The molecule has 7 heteroatoms. The van der Waals surface area contributed by atoms with Crippen molar-refractivity contribution in [1.82, 2.24) is 10.2 Å². The van der Waals surface area contributed by atoms with Gasteiger partial charge in [0.2, 0.25) is 11.8 Å². The van der Waals surface area contributed by atoms with Crippen LogP contribution in [0.5, 0.6) is 0 Å². The summed E-state index contributed by atoms with van der Waals surface area (Å²) in [5, 5.41) is 5.45. The Bertz CT molecular complexity index is 609. The van der Waals surface area contributed by atoms with Gasteiger partial charge in [-0.15, -0.1) is 0 Å². The predicted octanol–water partition coefficient (Wildman–Crippen LogP) is 1.51. The molecule has 0 spiro atoms. The highest BCUT2D eigenvalue weighted by molar-refractivity contribution is 6.09. The van der Waals surface area contributed by atoms with E-state index in [1.165, 1.54) is 0 Å². The number of likely N-dealkylation sites (N-methyl/N-ethyl adjacent to an activating group) is 1. The molecule has 0 bridgehead atoms. The van der Waals surface area contributed by atoms with Crippen LogP contribution in [0.3, 0.4) is 0 Å². The van der Waals surface area contributed by atoms with Crippen LogP contribution in [-0.2, 0) is 14.3 Å². The maximum Gasteiger partial charge on any atom is 0.338 e. The van der Waals surface area contributed by atoms with Crippen LogP contribution in [0.25, 0.3) is 0 Å². The Balaban J connectivity index is 2.67. The number of carbonyl (C=O) groups excluding carboxylic acids is 3. The van der Waals surface area contributed by atoms with Crippen molar-refractivity contribution >= 4 is 23.5 Å². The smallest absolute Gasteiger partial charge is 0.338 e. The number of hydrogen-bond acceptors (Lipinski definition) is 5. The molecule has 0 aliphatic rings. The van der Waals surface area contributed by atoms with Gasteiger partial charge in [-0.05, 0) is 59.1 Å². The standard InChI is InChI=1S/C18H27N3O4/c1-6-25-15(22)13-7-9-14(10-8-13)20-17(24)18(2,3)16(23)19-11-12-21(4)5/h7-10H,6,11-12H2,1-5H3,(H,19,23)(H,20,24). The van der Waals surface area contributed by atoms with Gasteiger partial charge in [0, 0.05) is 18.8 Å². The van der Waals surface area contributed by atoms with Crippen molar-refractivity contribution in [3.05, 3.63) is 29.8 Å². The van der Waals surface area contributed by atoms with Crippen LogP contribution in [0.1, 0.15) is 31.1 Å². The summed E-state index contributed by atoms with van der Waals surface area (Å²) < 4.78 is 4.91. The molecule has 7 nitrogen and oxygen atoms in total. The van der Waals surface area contributed by atoms with E-state index in [0.29, 0.717) is 30.9 Å². The second-order valence-electron chi connectivity index (χ2n) is 6.44. The summed E-state index contributed by atoms with van der Waals surface area (Å²) >= 11 is 0. The van der Waals surface area contributed by atoms with Crippen molar-refractivity contribution in [3.8, 4) is 0 Å². The fourth-order valence-corrected chi connectivity index (χ4v) is 1.91. The zero-order valence-corrected chi connectivity index (χ0v) is 15.5. The highest BCUT2D eigenvalue weighted by Crippen LogP contribution is 2.19. The summed E-state index contributed by atoms with van der Waals surface area (Å²) in [5.41, 5.74) is -0.306. The molecule has 0 saturated carbocycles. The van der Waals surface area contributed by atoms with E-state index in [9.17, 15) is 14.4 Å². The minimum absolute atomic E-state index is 0.300. The van der Waals surface area contributed by atoms with Gasteiger partial charge in [0.05, 0.1) is 12.2 Å². The maximum atomic E-state index is 12.4. The van der Waals surface area contributed by atoms with E-state index in [0.717, 1.165) is 0 Å². The molecule has 0 aromatic heterocycles. The fraction of sp³-hybridized carbons (Fsp3) is 0.500. The van der Waals surface area contributed by atoms with E-state index in [1.807, 2.05) is 19.0 Å². The Kier molecular flexibility index (Phi) is 7.57. The van der Waals surface area contributed by atoms with Crippen molar-refractivity contribution in [1.29, 1.82) is 0 Å². The normalized spacial score (nSPS) is 11.1. The molecular formula is C18H27N3O4. The van der Waals surface area contributed by atoms with Gasteiger partial charge in [0.25, 0.3) is 0 Å². The number of hydrogen-bond donors (Lipinski definition) is 2. The van der Waals surface area contributed by atoms with Crippen molar-refractivity contribution in [2.45, 2.75) is 20.8 Å². The third kappa shape index (κ3) is 6.19. The lowest BCUT2D eigenvalue weighted by Gasteiger charge is -2.23. The maximum absolute atomic E-state index is 12.4. The minimum atomic E-state index is -1.22. The zero-order chi connectivity index (χ0) is 19.0. The zero-order valence-electron chi connectivity index (χ0n) is 15.5. The molecule has 0 saturated heterocycles. The number of esters is 1. The lowest BCUT2D eigenvalue weighted by molar-refractivity contribution is -0.138. The van der Waals surface area contributed by atoms with Crippen molar-refractivity contribution in [3.63, 3.8) is 0 Å². The number of anilines is 1. The topological polar surface area (TPSA) is 87.7 Å². The van der Waals surface area contributed by atoms with Gasteiger partial charge in [-0.3, -0.25) is 9.59 Å². The molecule has 1 rings (SSSR count). The van der Waals surface area contributed by atoms with Gasteiger partial charge >= 0.3 is 5.97 Å². The first-order valence-corrected chi connectivity index (χ1v) is 8.20. The average Bonchev–Trinajstić information content (AvgIpc) is 2.55. The lowest BCUT2D eigenvalue weighted by Crippen LogP contribution is -2.46. The first-order chi connectivity index (χ1) is 11.7. The fourth-order valence-electron chi connectivity index (χ4n) is 1.91. The second kappa shape index (κ2) is 9.17. The van der Waals surface area contributed by atoms with Gasteiger partial charge in [-0.1, -0.05) is 0 Å². The molecule has 0 heterocycles. The monoisotopic (exact) mass is 349 g/mol. The molecule has 0 aliphatic carbocycles. The summed E-state index contributed by atoms with van der Waals surface area (Å²) in [6, 6.07) is 6.34. The highest BCUT2D eigenvalue weighted by atomic mass is 16.5. The SMILES string of the molecule is CCOC(=O)c1ccc(NC(=O)C(C)(C)C(=O)NCCN(C)C)cc1. The number of amides is 2. The molecule has 0 unspecified atom stereocenters. The van der Waals surface area contributed by atoms with E-state index in [4.69, 9.17) is 4.74 Å². The van der Waals surface area contributed by atoms with Crippen LogP contribution in [-0.4, -0.2) is 56.5 Å². The molecule has 2 N–H and O–H groups in total. The van der Waals surface area contributed by atoms with E-state index < -0.39 is 17.3 Å². The van der Waals surface area contributed by atoms with E-state index >= 15 is 0 Å². The lowest BCUT2D eigenvalue weighted by atomic mass is 9.91. The summed E-state index contributed by atoms with van der Waals surface area (Å²) in [7, 11) is 3.81. The van der Waals surface area contributed by atoms with Gasteiger partial charge in [0.15, 0.2) is 0 Å². The number of rotatable bonds is 8. The van der Waals surface area contributed by atoms with Gasteiger partial charge in [-0.2, -0.15) is 0 Å². The Morgan fingerprint density at radius 2 is 1.68 bits per heavy atom. The number of nitrogens with one attached hydrogen (secondary N) is 2. The van der Waals surface area contributed by atoms with Crippen LogP contribution in [0.2, 0.25) is 0 Å². The van der Waals surface area contributed by atoms with Crippen molar-refractivity contribution < 1.29 is 19.1 Å². The quantitative estimate of drug-likeness (QED) is 0.549. The molecule has 1 aromatic rings. The van der Waals surface area contributed by atoms with Gasteiger partial charge in [0.1, 0.15) is 5.41 Å². The van der Waals surface area contributed by atoms with Crippen LogP contribution < -0.4 is 10.6 Å². The number of carbonyl (C=O) groups is 3. The molecule has 2 amide bonds. The van der Waals surface area contributed by atoms with Crippen LogP contribution in [0, 0.1) is 5.41 Å². The van der Waals surface area contributed by atoms with Gasteiger partial charge < -0.3 is 20.3 Å². The molecule has 1 aromatic carbocycles. The number of benzene rings is 1. The molecule has 0 fully saturated rings. The molecule has 0 atom stereocenters. The van der Waals surface area contributed by atoms with Crippen LogP contribution in [0.4, 0.5) is 5.69 Å².